The Hall–Kier alpha value is -1.10. The van der Waals surface area contributed by atoms with Crippen molar-refractivity contribution in [3.8, 4) is 11.6 Å². The van der Waals surface area contributed by atoms with Crippen LogP contribution in [0.1, 0.15) is 5.56 Å². The molecule has 0 saturated carbocycles. The van der Waals surface area contributed by atoms with Crippen molar-refractivity contribution in [2.24, 2.45) is 0 Å². The Kier molecular flexibility index (Phi) is 3.99. The van der Waals surface area contributed by atoms with Crippen molar-refractivity contribution in [3.05, 3.63) is 51.6 Å². The van der Waals surface area contributed by atoms with E-state index >= 15 is 0 Å². The minimum Gasteiger partial charge on any atom is -0.438 e. The van der Waals surface area contributed by atoms with E-state index in [1.807, 2.05) is 0 Å². The lowest BCUT2D eigenvalue weighted by Gasteiger charge is -2.06. The number of halogens is 2. The molecule has 0 spiro atoms. The zero-order chi connectivity index (χ0) is 12.3. The highest BCUT2D eigenvalue weighted by molar-refractivity contribution is 9.10. The molecule has 0 radical (unpaired) electrons. The summed E-state index contributed by atoms with van der Waals surface area (Å²) in [7, 11) is 0. The predicted molar refractivity (Wildman–Crippen MR) is 69.4 cm³/mol. The second kappa shape index (κ2) is 5.49. The van der Waals surface area contributed by atoms with Crippen molar-refractivity contribution >= 4 is 27.5 Å². The summed E-state index contributed by atoms with van der Waals surface area (Å²) in [5.41, 5.74) is 0.826. The molecule has 0 saturated heterocycles. The Labute approximate surface area is 112 Å². The molecule has 2 aromatic rings. The van der Waals surface area contributed by atoms with Gasteiger partial charge in [-0.05, 0) is 39.7 Å². The van der Waals surface area contributed by atoms with Crippen molar-refractivity contribution in [2.75, 3.05) is 0 Å². The Bertz CT molecular complexity index is 516. The minimum atomic E-state index is 0.0115. The van der Waals surface area contributed by atoms with Gasteiger partial charge in [-0.25, -0.2) is 4.98 Å². The van der Waals surface area contributed by atoms with Gasteiger partial charge in [0, 0.05) is 10.7 Å². The number of pyridine rings is 1. The third-order valence-corrected chi connectivity index (χ3v) is 2.80. The molecule has 1 aromatic carbocycles. The Balaban J connectivity index is 2.19. The van der Waals surface area contributed by atoms with Crippen LogP contribution in [0.4, 0.5) is 0 Å². The number of rotatable bonds is 3. The maximum Gasteiger partial charge on any atom is 0.238 e. The topological polar surface area (TPSA) is 42.4 Å². The maximum atomic E-state index is 8.91. The number of aliphatic hydroxyl groups excluding tert-OH is 1. The molecule has 88 valence electrons. The van der Waals surface area contributed by atoms with Crippen molar-refractivity contribution in [1.82, 2.24) is 4.98 Å². The number of hydrogen-bond donors (Lipinski definition) is 1. The molecular weight excluding hydrogens is 305 g/mol. The average molecular weight is 315 g/mol. The largest absolute Gasteiger partial charge is 0.438 e. The fraction of sp³-hybridized carbons (Fsp3) is 0.0833. The smallest absolute Gasteiger partial charge is 0.238 e. The molecule has 0 aliphatic heterocycles. The Morgan fingerprint density at radius 2 is 2.00 bits per heavy atom. The lowest BCUT2D eigenvalue weighted by molar-refractivity contribution is 0.281. The average Bonchev–Trinajstić information content (AvgIpc) is 2.34. The van der Waals surface area contributed by atoms with Crippen LogP contribution in [0.2, 0.25) is 5.02 Å². The standard InChI is InChI=1S/C12H9BrClNO2/c13-9-5-11(14)12(15-6-9)17-10-3-1-8(7-16)2-4-10/h1-6,16H,7H2. The molecule has 17 heavy (non-hydrogen) atoms. The first kappa shape index (κ1) is 12.4. The monoisotopic (exact) mass is 313 g/mol. The van der Waals surface area contributed by atoms with Crippen LogP contribution in [-0.4, -0.2) is 10.1 Å². The number of ether oxygens (including phenoxy) is 1. The Morgan fingerprint density at radius 3 is 2.59 bits per heavy atom. The number of aliphatic hydroxyl groups is 1. The number of aromatic nitrogens is 1. The summed E-state index contributed by atoms with van der Waals surface area (Å²) in [5.74, 6) is 0.977. The van der Waals surface area contributed by atoms with Gasteiger partial charge in [0.25, 0.3) is 0 Å². The molecule has 2 rings (SSSR count). The minimum absolute atomic E-state index is 0.0115. The van der Waals surface area contributed by atoms with E-state index in [2.05, 4.69) is 20.9 Å². The van der Waals surface area contributed by atoms with Gasteiger partial charge in [-0.15, -0.1) is 0 Å². The van der Waals surface area contributed by atoms with E-state index in [1.165, 1.54) is 0 Å². The van der Waals surface area contributed by atoms with Crippen molar-refractivity contribution in [3.63, 3.8) is 0 Å². The molecule has 0 fully saturated rings. The summed E-state index contributed by atoms with van der Waals surface area (Å²) >= 11 is 9.25. The van der Waals surface area contributed by atoms with E-state index in [4.69, 9.17) is 21.4 Å². The summed E-state index contributed by atoms with van der Waals surface area (Å²) in [6, 6.07) is 8.79. The van der Waals surface area contributed by atoms with Crippen LogP contribution in [0.25, 0.3) is 0 Å². The van der Waals surface area contributed by atoms with E-state index in [0.29, 0.717) is 16.7 Å². The third kappa shape index (κ3) is 3.19. The lowest BCUT2D eigenvalue weighted by atomic mass is 10.2. The van der Waals surface area contributed by atoms with Crippen LogP contribution in [0.5, 0.6) is 11.6 Å². The zero-order valence-electron chi connectivity index (χ0n) is 8.73. The van der Waals surface area contributed by atoms with Crippen LogP contribution < -0.4 is 4.74 Å². The van der Waals surface area contributed by atoms with E-state index in [0.717, 1.165) is 10.0 Å². The molecule has 0 amide bonds. The summed E-state index contributed by atoms with van der Waals surface area (Å²) < 4.78 is 6.31. The van der Waals surface area contributed by atoms with Crippen molar-refractivity contribution < 1.29 is 9.84 Å². The second-order valence-electron chi connectivity index (χ2n) is 3.34. The van der Waals surface area contributed by atoms with Gasteiger partial charge in [0.15, 0.2) is 0 Å². The predicted octanol–water partition coefficient (Wildman–Crippen LogP) is 3.78. The van der Waals surface area contributed by atoms with E-state index in [9.17, 15) is 0 Å². The van der Waals surface area contributed by atoms with Gasteiger partial charge in [0.2, 0.25) is 5.88 Å². The lowest BCUT2D eigenvalue weighted by Crippen LogP contribution is -1.89. The molecular formula is C12H9BrClNO2. The van der Waals surface area contributed by atoms with Crippen molar-refractivity contribution in [1.29, 1.82) is 0 Å². The molecule has 0 aliphatic rings. The fourth-order valence-corrected chi connectivity index (χ4v) is 1.92. The summed E-state index contributed by atoms with van der Waals surface area (Å²) in [4.78, 5) is 4.07. The molecule has 0 unspecified atom stereocenters. The van der Waals surface area contributed by atoms with Gasteiger partial charge in [0.05, 0.1) is 6.61 Å². The highest BCUT2D eigenvalue weighted by Gasteiger charge is 2.05. The number of benzene rings is 1. The zero-order valence-corrected chi connectivity index (χ0v) is 11.1. The third-order valence-electron chi connectivity index (χ3n) is 2.09. The molecule has 0 atom stereocenters. The first-order valence-electron chi connectivity index (χ1n) is 4.88. The first-order chi connectivity index (χ1) is 8.19. The molecule has 1 heterocycles. The molecule has 0 aliphatic carbocycles. The Morgan fingerprint density at radius 1 is 1.29 bits per heavy atom. The molecule has 5 heteroatoms. The number of nitrogens with zero attached hydrogens (tertiary/aromatic N) is 1. The molecule has 1 N–H and O–H groups in total. The fourth-order valence-electron chi connectivity index (χ4n) is 1.25. The van der Waals surface area contributed by atoms with Gasteiger partial charge in [-0.1, -0.05) is 23.7 Å². The van der Waals surface area contributed by atoms with Crippen LogP contribution in [0.15, 0.2) is 41.0 Å². The quantitative estimate of drug-likeness (QED) is 0.937. The highest BCUT2D eigenvalue weighted by Crippen LogP contribution is 2.29. The van der Waals surface area contributed by atoms with Crippen LogP contribution >= 0.6 is 27.5 Å². The molecule has 0 bridgehead atoms. The van der Waals surface area contributed by atoms with Crippen LogP contribution in [0.3, 0.4) is 0 Å². The first-order valence-corrected chi connectivity index (χ1v) is 6.05. The van der Waals surface area contributed by atoms with Gasteiger partial charge in [0.1, 0.15) is 10.8 Å². The molecule has 1 aromatic heterocycles. The highest BCUT2D eigenvalue weighted by atomic mass is 79.9. The van der Waals surface area contributed by atoms with E-state index in [-0.39, 0.29) is 6.61 Å². The second-order valence-corrected chi connectivity index (χ2v) is 4.67. The number of hydrogen-bond acceptors (Lipinski definition) is 3. The maximum absolute atomic E-state index is 8.91. The summed E-state index contributed by atoms with van der Waals surface area (Å²) in [5, 5.41) is 9.35. The van der Waals surface area contributed by atoms with Gasteiger partial charge >= 0.3 is 0 Å². The van der Waals surface area contributed by atoms with Gasteiger partial charge in [-0.3, -0.25) is 0 Å². The SMILES string of the molecule is OCc1ccc(Oc2ncc(Br)cc2Cl)cc1. The molecule has 3 nitrogen and oxygen atoms in total. The van der Waals surface area contributed by atoms with Crippen molar-refractivity contribution in [2.45, 2.75) is 6.61 Å². The van der Waals surface area contributed by atoms with Crippen LogP contribution in [-0.2, 0) is 6.61 Å². The summed E-state index contributed by atoms with van der Waals surface area (Å²) in [6.45, 7) is 0.0115. The van der Waals surface area contributed by atoms with Gasteiger partial charge in [-0.2, -0.15) is 0 Å². The van der Waals surface area contributed by atoms with Crippen LogP contribution in [0, 0.1) is 0 Å². The van der Waals surface area contributed by atoms with E-state index < -0.39 is 0 Å². The van der Waals surface area contributed by atoms with E-state index in [1.54, 1.807) is 36.5 Å². The summed E-state index contributed by atoms with van der Waals surface area (Å²) in [6.07, 6.45) is 1.61. The van der Waals surface area contributed by atoms with Gasteiger partial charge < -0.3 is 9.84 Å². The normalized spacial score (nSPS) is 10.3.